The van der Waals surface area contributed by atoms with Gasteiger partial charge in [0.05, 0.1) is 6.61 Å². The minimum atomic E-state index is -0.567. The molecule has 132 valence electrons. The van der Waals surface area contributed by atoms with Crippen LogP contribution in [0.4, 0.5) is 4.79 Å². The summed E-state index contributed by atoms with van der Waals surface area (Å²) in [6.07, 6.45) is 3.54. The first-order valence-electron chi connectivity index (χ1n) is 8.72. The zero-order valence-electron chi connectivity index (χ0n) is 14.8. The van der Waals surface area contributed by atoms with Gasteiger partial charge in [0, 0.05) is 12.6 Å². The molecule has 1 amide bonds. The van der Waals surface area contributed by atoms with Crippen molar-refractivity contribution in [2.24, 2.45) is 0 Å². The van der Waals surface area contributed by atoms with E-state index in [2.05, 4.69) is 4.90 Å². The minimum absolute atomic E-state index is 0.317. The van der Waals surface area contributed by atoms with Crippen LogP contribution < -0.4 is 0 Å². The monoisotopic (exact) mass is 326 g/mol. The van der Waals surface area contributed by atoms with Gasteiger partial charge in [0.15, 0.2) is 0 Å². The lowest BCUT2D eigenvalue weighted by Crippen LogP contribution is -2.55. The van der Waals surface area contributed by atoms with Crippen LogP contribution in [0.25, 0.3) is 0 Å². The highest BCUT2D eigenvalue weighted by molar-refractivity contribution is 5.82. The zero-order chi connectivity index (χ0) is 17.0. The van der Waals surface area contributed by atoms with E-state index in [-0.39, 0.29) is 5.97 Å². The maximum Gasteiger partial charge on any atom is 0.411 e. The van der Waals surface area contributed by atoms with E-state index in [1.807, 2.05) is 20.8 Å². The lowest BCUT2D eigenvalue weighted by Gasteiger charge is -2.41. The van der Waals surface area contributed by atoms with Crippen LogP contribution in [0.3, 0.4) is 0 Å². The fourth-order valence-electron chi connectivity index (χ4n) is 3.39. The van der Waals surface area contributed by atoms with Crippen LogP contribution in [0.2, 0.25) is 0 Å². The first-order valence-corrected chi connectivity index (χ1v) is 8.72. The number of ether oxygens (including phenoxy) is 2. The van der Waals surface area contributed by atoms with Gasteiger partial charge in [-0.3, -0.25) is 4.90 Å². The van der Waals surface area contributed by atoms with Gasteiger partial charge in [0.1, 0.15) is 11.6 Å². The van der Waals surface area contributed by atoms with Gasteiger partial charge in [0.2, 0.25) is 0 Å². The van der Waals surface area contributed by atoms with Gasteiger partial charge in [0.25, 0.3) is 0 Å². The van der Waals surface area contributed by atoms with Gasteiger partial charge in [-0.1, -0.05) is 0 Å². The number of rotatable bonds is 3. The van der Waals surface area contributed by atoms with Gasteiger partial charge in [-0.15, -0.1) is 0 Å². The second-order valence-electron chi connectivity index (χ2n) is 7.36. The summed E-state index contributed by atoms with van der Waals surface area (Å²) in [6.45, 7) is 10.3. The maximum absolute atomic E-state index is 12.4. The molecule has 0 aromatic heterocycles. The fraction of sp³-hybridized carbons (Fsp3) is 0.882. The summed E-state index contributed by atoms with van der Waals surface area (Å²) in [5, 5.41) is 0. The van der Waals surface area contributed by atoms with E-state index in [1.165, 1.54) is 12.8 Å². The molecule has 0 bridgehead atoms. The Kier molecular flexibility index (Phi) is 5.89. The Morgan fingerprint density at radius 3 is 2.35 bits per heavy atom. The number of esters is 1. The molecule has 2 heterocycles. The zero-order valence-corrected chi connectivity index (χ0v) is 14.8. The van der Waals surface area contributed by atoms with Crippen LogP contribution in [0.5, 0.6) is 0 Å². The van der Waals surface area contributed by atoms with Crippen LogP contribution in [0, 0.1) is 0 Å². The second-order valence-corrected chi connectivity index (χ2v) is 7.36. The van der Waals surface area contributed by atoms with Gasteiger partial charge >= 0.3 is 12.1 Å². The highest BCUT2D eigenvalue weighted by Gasteiger charge is 2.41. The Hall–Kier alpha value is -1.30. The molecule has 2 aliphatic heterocycles. The number of piperidine rings is 1. The molecule has 2 saturated heterocycles. The molecule has 0 aromatic carbocycles. The van der Waals surface area contributed by atoms with E-state index in [1.54, 1.807) is 11.8 Å². The van der Waals surface area contributed by atoms with E-state index in [0.29, 0.717) is 25.6 Å². The van der Waals surface area contributed by atoms with Crippen molar-refractivity contribution in [1.29, 1.82) is 0 Å². The third-order valence-electron chi connectivity index (χ3n) is 4.42. The first-order chi connectivity index (χ1) is 10.8. The Morgan fingerprint density at radius 1 is 1.13 bits per heavy atom. The molecule has 0 saturated carbocycles. The molecular formula is C17H30N2O4. The third-order valence-corrected chi connectivity index (χ3v) is 4.42. The van der Waals surface area contributed by atoms with Crippen LogP contribution >= 0.6 is 0 Å². The smallest absolute Gasteiger partial charge is 0.411 e. The largest absolute Gasteiger partial charge is 0.464 e. The van der Waals surface area contributed by atoms with Gasteiger partial charge in [-0.2, -0.15) is 0 Å². The van der Waals surface area contributed by atoms with Crippen LogP contribution in [-0.2, 0) is 14.3 Å². The average molecular weight is 326 g/mol. The molecule has 2 aliphatic rings. The van der Waals surface area contributed by atoms with E-state index in [0.717, 1.165) is 19.5 Å². The molecule has 23 heavy (non-hydrogen) atoms. The molecule has 0 unspecified atom stereocenters. The normalized spacial score (nSPS) is 26.2. The van der Waals surface area contributed by atoms with Crippen molar-refractivity contribution in [3.63, 3.8) is 0 Å². The molecule has 0 radical (unpaired) electrons. The predicted molar refractivity (Wildman–Crippen MR) is 87.2 cm³/mol. The van der Waals surface area contributed by atoms with Crippen molar-refractivity contribution >= 4 is 12.1 Å². The molecule has 2 rings (SSSR count). The molecular weight excluding hydrogens is 296 g/mol. The molecule has 0 aromatic rings. The molecule has 0 N–H and O–H groups in total. The van der Waals surface area contributed by atoms with Gasteiger partial charge < -0.3 is 14.4 Å². The van der Waals surface area contributed by atoms with Crippen molar-refractivity contribution < 1.29 is 19.1 Å². The first kappa shape index (κ1) is 18.0. The van der Waals surface area contributed by atoms with E-state index in [9.17, 15) is 9.59 Å². The Bertz CT molecular complexity index is 427. The molecule has 0 spiro atoms. The predicted octanol–water partition coefficient (Wildman–Crippen LogP) is 2.41. The van der Waals surface area contributed by atoms with Crippen molar-refractivity contribution in [1.82, 2.24) is 9.80 Å². The number of likely N-dealkylation sites (tertiary alicyclic amines) is 2. The van der Waals surface area contributed by atoms with Crippen molar-refractivity contribution in [3.05, 3.63) is 0 Å². The van der Waals surface area contributed by atoms with Crippen LogP contribution in [0.1, 0.15) is 53.4 Å². The topological polar surface area (TPSA) is 59.1 Å². The van der Waals surface area contributed by atoms with Crippen molar-refractivity contribution in [2.75, 3.05) is 26.2 Å². The van der Waals surface area contributed by atoms with Crippen LogP contribution in [-0.4, -0.2) is 65.8 Å². The standard InChI is InChI=1S/C17H30N2O4/c1-5-22-15(20)14-12-13(18-9-6-7-10-18)8-11-19(14)16(21)23-17(2,3)4/h13-14H,5-12H2,1-4H3/t13-,14-/m1/s1. The highest BCUT2D eigenvalue weighted by atomic mass is 16.6. The van der Waals surface area contributed by atoms with Crippen molar-refractivity contribution in [2.45, 2.75) is 71.1 Å². The minimum Gasteiger partial charge on any atom is -0.464 e. The van der Waals surface area contributed by atoms with E-state index >= 15 is 0 Å². The number of nitrogens with zero attached hydrogens (tertiary/aromatic N) is 2. The fourth-order valence-corrected chi connectivity index (χ4v) is 3.39. The molecule has 6 nitrogen and oxygen atoms in total. The molecule has 2 fully saturated rings. The molecule has 0 aliphatic carbocycles. The summed E-state index contributed by atoms with van der Waals surface area (Å²) in [7, 11) is 0. The average Bonchev–Trinajstić information content (AvgIpc) is 2.99. The van der Waals surface area contributed by atoms with E-state index < -0.39 is 17.7 Å². The van der Waals surface area contributed by atoms with Crippen molar-refractivity contribution in [3.8, 4) is 0 Å². The Morgan fingerprint density at radius 2 is 1.78 bits per heavy atom. The lowest BCUT2D eigenvalue weighted by atomic mass is 9.96. The second kappa shape index (κ2) is 7.51. The maximum atomic E-state index is 12.4. The Balaban J connectivity index is 2.07. The molecule has 2 atom stereocenters. The quantitative estimate of drug-likeness (QED) is 0.746. The number of amides is 1. The number of hydrogen-bond donors (Lipinski definition) is 0. The summed E-state index contributed by atoms with van der Waals surface area (Å²) in [5.41, 5.74) is -0.567. The summed E-state index contributed by atoms with van der Waals surface area (Å²) in [6, 6.07) is -0.185. The Labute approximate surface area is 139 Å². The lowest BCUT2D eigenvalue weighted by molar-refractivity contribution is -0.151. The number of hydrogen-bond acceptors (Lipinski definition) is 5. The summed E-state index contributed by atoms with van der Waals surface area (Å²) in [5.74, 6) is -0.317. The van der Waals surface area contributed by atoms with E-state index in [4.69, 9.17) is 9.47 Å². The van der Waals surface area contributed by atoms with Gasteiger partial charge in [-0.25, -0.2) is 9.59 Å². The summed E-state index contributed by atoms with van der Waals surface area (Å²) in [4.78, 5) is 28.8. The molecule has 6 heteroatoms. The summed E-state index contributed by atoms with van der Waals surface area (Å²) < 4.78 is 10.7. The summed E-state index contributed by atoms with van der Waals surface area (Å²) >= 11 is 0. The number of carbonyl (C=O) groups excluding carboxylic acids is 2. The SMILES string of the molecule is CCOC(=O)[C@H]1C[C@H](N2CCCC2)CCN1C(=O)OC(C)(C)C. The number of carbonyl (C=O) groups is 2. The van der Waals surface area contributed by atoms with Crippen LogP contribution in [0.15, 0.2) is 0 Å². The highest BCUT2D eigenvalue weighted by Crippen LogP contribution is 2.27. The van der Waals surface area contributed by atoms with Gasteiger partial charge in [-0.05, 0) is 66.5 Å². The third kappa shape index (κ3) is 4.83.